The summed E-state index contributed by atoms with van der Waals surface area (Å²) in [5, 5.41) is 7.81. The van der Waals surface area contributed by atoms with Gasteiger partial charge in [0.15, 0.2) is 0 Å². The summed E-state index contributed by atoms with van der Waals surface area (Å²) in [5.74, 6) is 0. The third kappa shape index (κ3) is 3.84. The van der Waals surface area contributed by atoms with Gasteiger partial charge in [-0.1, -0.05) is 127 Å². The molecule has 0 aliphatic carbocycles. The minimum Gasteiger partial charge on any atom is -0.309 e. The molecule has 46 heavy (non-hydrogen) atoms. The van der Waals surface area contributed by atoms with Crippen molar-refractivity contribution in [2.24, 2.45) is 0 Å². The van der Waals surface area contributed by atoms with Crippen LogP contribution in [-0.4, -0.2) is 4.57 Å². The molecule has 1 aliphatic heterocycles. The van der Waals surface area contributed by atoms with E-state index >= 15 is 0 Å². The maximum absolute atomic E-state index is 2.40. The average molecular weight is 602 g/mol. The zero-order valence-corrected chi connectivity index (χ0v) is 25.8. The molecule has 10 rings (SSSR count). The summed E-state index contributed by atoms with van der Waals surface area (Å²) in [6.45, 7) is 0. The summed E-state index contributed by atoms with van der Waals surface area (Å²) in [6, 6.07) is 60.2. The quantitative estimate of drug-likeness (QED) is 0.195. The van der Waals surface area contributed by atoms with Crippen LogP contribution >= 0.6 is 11.8 Å². The molecule has 1 aromatic heterocycles. The highest BCUT2D eigenvalue weighted by Crippen LogP contribution is 2.49. The van der Waals surface area contributed by atoms with Crippen LogP contribution in [0.4, 0.5) is 0 Å². The molecule has 2 heterocycles. The van der Waals surface area contributed by atoms with E-state index in [4.69, 9.17) is 0 Å². The molecular weight excluding hydrogens is 575 g/mol. The van der Waals surface area contributed by atoms with Gasteiger partial charge in [-0.2, -0.15) is 0 Å². The Hall–Kier alpha value is -5.57. The Labute approximate surface area is 271 Å². The normalized spacial score (nSPS) is 12.3. The zero-order chi connectivity index (χ0) is 30.2. The molecule has 214 valence electrons. The molecule has 0 N–H and O–H groups in total. The second kappa shape index (κ2) is 9.97. The summed E-state index contributed by atoms with van der Waals surface area (Å²) in [6.07, 6.45) is 0. The predicted molar refractivity (Wildman–Crippen MR) is 196 cm³/mol. The van der Waals surface area contributed by atoms with E-state index < -0.39 is 0 Å². The van der Waals surface area contributed by atoms with Crippen molar-refractivity contribution in [1.82, 2.24) is 4.57 Å². The van der Waals surface area contributed by atoms with Gasteiger partial charge in [0, 0.05) is 31.6 Å². The number of nitrogens with zero attached hydrogens (tertiary/aromatic N) is 1. The van der Waals surface area contributed by atoms with Crippen LogP contribution in [0.5, 0.6) is 0 Å². The monoisotopic (exact) mass is 601 g/mol. The lowest BCUT2D eigenvalue weighted by molar-refractivity contribution is 1.18. The minimum absolute atomic E-state index is 1.18. The highest BCUT2D eigenvalue weighted by molar-refractivity contribution is 7.99. The summed E-state index contributed by atoms with van der Waals surface area (Å²) in [4.78, 5) is 2.66. The van der Waals surface area contributed by atoms with E-state index in [1.807, 2.05) is 11.8 Å². The van der Waals surface area contributed by atoms with Crippen LogP contribution in [0.25, 0.3) is 82.4 Å². The van der Waals surface area contributed by atoms with Gasteiger partial charge in [-0.15, -0.1) is 0 Å². The fourth-order valence-electron chi connectivity index (χ4n) is 7.42. The molecule has 1 nitrogen and oxygen atoms in total. The van der Waals surface area contributed by atoms with Crippen LogP contribution in [0, 0.1) is 0 Å². The third-order valence-corrected chi connectivity index (χ3v) is 10.7. The number of para-hydroxylation sites is 1. The van der Waals surface area contributed by atoms with E-state index in [1.54, 1.807) is 0 Å². The van der Waals surface area contributed by atoms with Crippen LogP contribution in [0.15, 0.2) is 174 Å². The lowest BCUT2D eigenvalue weighted by Crippen LogP contribution is -1.93. The molecule has 0 saturated heterocycles. The SMILES string of the molecule is c1ccc(-n2c3ccc(-c4ccc(-c5ccc6c(c5)-c5cccc7cccc(c57)S6)cc4)cc3c3c4ccccc4ccc32)cc1. The van der Waals surface area contributed by atoms with Gasteiger partial charge in [-0.3, -0.25) is 0 Å². The largest absolute Gasteiger partial charge is 0.309 e. The molecule has 0 bridgehead atoms. The van der Waals surface area contributed by atoms with Crippen molar-refractivity contribution < 1.29 is 0 Å². The van der Waals surface area contributed by atoms with Crippen molar-refractivity contribution >= 4 is 55.1 Å². The van der Waals surface area contributed by atoms with Crippen molar-refractivity contribution in [3.8, 4) is 39.1 Å². The van der Waals surface area contributed by atoms with Gasteiger partial charge < -0.3 is 4.57 Å². The van der Waals surface area contributed by atoms with Gasteiger partial charge in [0.1, 0.15) is 0 Å². The second-order valence-corrected chi connectivity index (χ2v) is 13.2. The molecule has 9 aromatic rings. The molecule has 8 aromatic carbocycles. The van der Waals surface area contributed by atoms with Gasteiger partial charge in [-0.25, -0.2) is 0 Å². The summed E-state index contributed by atoms with van der Waals surface area (Å²) in [7, 11) is 0. The van der Waals surface area contributed by atoms with E-state index in [0.717, 1.165) is 0 Å². The highest BCUT2D eigenvalue weighted by atomic mass is 32.2. The van der Waals surface area contributed by atoms with Crippen LogP contribution in [0.1, 0.15) is 0 Å². The molecule has 0 atom stereocenters. The molecule has 0 saturated carbocycles. The number of hydrogen-bond donors (Lipinski definition) is 0. The number of benzene rings is 8. The van der Waals surface area contributed by atoms with Gasteiger partial charge in [-0.05, 0) is 98.1 Å². The predicted octanol–water partition coefficient (Wildman–Crippen LogP) is 12.6. The lowest BCUT2D eigenvalue weighted by atomic mass is 9.94. The maximum atomic E-state index is 2.40. The first-order valence-corrected chi connectivity index (χ1v) is 16.6. The minimum atomic E-state index is 1.18. The number of fused-ring (bicyclic) bond motifs is 7. The second-order valence-electron chi connectivity index (χ2n) is 12.1. The summed E-state index contributed by atoms with van der Waals surface area (Å²) >= 11 is 1.88. The van der Waals surface area contributed by atoms with Gasteiger partial charge in [0.25, 0.3) is 0 Å². The third-order valence-electron chi connectivity index (χ3n) is 9.58. The zero-order valence-electron chi connectivity index (χ0n) is 24.9. The first-order valence-electron chi connectivity index (χ1n) is 15.8. The van der Waals surface area contributed by atoms with Crippen molar-refractivity contribution in [1.29, 1.82) is 0 Å². The van der Waals surface area contributed by atoms with Crippen molar-refractivity contribution in [3.63, 3.8) is 0 Å². The van der Waals surface area contributed by atoms with E-state index in [0.29, 0.717) is 0 Å². The van der Waals surface area contributed by atoms with Crippen molar-refractivity contribution in [3.05, 3.63) is 164 Å². The number of aromatic nitrogens is 1. The summed E-state index contributed by atoms with van der Waals surface area (Å²) in [5.41, 5.74) is 11.2. The Bertz CT molecular complexity index is 2640. The standard InChI is InChI=1S/C44H27NS/c1-2-11-34(12-3-1)45-39-23-21-32(27-38(39)44-35-13-5-4-8-30(35)20-24-40(44)45)28-16-18-29(19-17-28)33-22-25-41-37(26-33)36-14-6-9-31-10-7-15-42(46-41)43(31)36/h1-27H. The van der Waals surface area contributed by atoms with E-state index in [9.17, 15) is 0 Å². The number of hydrogen-bond acceptors (Lipinski definition) is 1. The molecular formula is C44H27NS. The molecule has 0 spiro atoms. The molecule has 1 aliphatic rings. The fraction of sp³-hybridized carbons (Fsp3) is 0. The topological polar surface area (TPSA) is 4.93 Å². The van der Waals surface area contributed by atoms with E-state index in [1.165, 1.54) is 92.2 Å². The smallest absolute Gasteiger partial charge is 0.0547 e. The average Bonchev–Trinajstić information content (AvgIpc) is 3.46. The van der Waals surface area contributed by atoms with Crippen molar-refractivity contribution in [2.45, 2.75) is 9.79 Å². The van der Waals surface area contributed by atoms with Crippen LogP contribution in [0.3, 0.4) is 0 Å². The Morgan fingerprint density at radius 3 is 1.89 bits per heavy atom. The first-order chi connectivity index (χ1) is 22.8. The van der Waals surface area contributed by atoms with E-state index in [2.05, 4.69) is 168 Å². The summed E-state index contributed by atoms with van der Waals surface area (Å²) < 4.78 is 2.40. The van der Waals surface area contributed by atoms with E-state index in [-0.39, 0.29) is 0 Å². The van der Waals surface area contributed by atoms with Gasteiger partial charge in [0.2, 0.25) is 0 Å². The van der Waals surface area contributed by atoms with Crippen LogP contribution < -0.4 is 0 Å². The molecule has 0 unspecified atom stereocenters. The lowest BCUT2D eigenvalue weighted by Gasteiger charge is -2.21. The van der Waals surface area contributed by atoms with Gasteiger partial charge >= 0.3 is 0 Å². The number of rotatable bonds is 3. The Balaban J connectivity index is 1.09. The van der Waals surface area contributed by atoms with Crippen molar-refractivity contribution in [2.75, 3.05) is 0 Å². The first kappa shape index (κ1) is 25.7. The molecule has 0 amide bonds. The Morgan fingerprint density at radius 2 is 1.04 bits per heavy atom. The van der Waals surface area contributed by atoms with Gasteiger partial charge in [0.05, 0.1) is 11.0 Å². The highest BCUT2D eigenvalue weighted by Gasteiger charge is 2.20. The Kier molecular flexibility index (Phi) is 5.58. The Morgan fingerprint density at radius 1 is 0.370 bits per heavy atom. The molecule has 0 radical (unpaired) electrons. The molecule has 2 heteroatoms. The fourth-order valence-corrected chi connectivity index (χ4v) is 8.55. The molecule has 0 fully saturated rings. The van der Waals surface area contributed by atoms with Crippen LogP contribution in [-0.2, 0) is 0 Å². The van der Waals surface area contributed by atoms with Crippen LogP contribution in [0.2, 0.25) is 0 Å². The maximum Gasteiger partial charge on any atom is 0.0547 e.